The van der Waals surface area contributed by atoms with E-state index in [9.17, 15) is 4.79 Å². The lowest BCUT2D eigenvalue weighted by Gasteiger charge is -2.25. The molecule has 1 rings (SSSR count). The van der Waals surface area contributed by atoms with Crippen LogP contribution in [0.25, 0.3) is 0 Å². The summed E-state index contributed by atoms with van der Waals surface area (Å²) in [7, 11) is 14.9. The molecule has 0 aliphatic heterocycles. The van der Waals surface area contributed by atoms with E-state index in [0.29, 0.717) is 17.9 Å². The number of nitrogens with zero attached hydrogens (tertiary/aromatic N) is 2. The highest BCUT2D eigenvalue weighted by Gasteiger charge is 2.20. The Morgan fingerprint density at radius 3 is 2.71 bits per heavy atom. The number of rotatable bonds is 4. The third-order valence-electron chi connectivity index (χ3n) is 2.63. The molecule has 0 saturated carbocycles. The van der Waals surface area contributed by atoms with Crippen LogP contribution in [0.2, 0.25) is 0 Å². The van der Waals surface area contributed by atoms with Crippen molar-refractivity contribution in [2.24, 2.45) is 0 Å². The van der Waals surface area contributed by atoms with E-state index in [1.165, 1.54) is 0 Å². The van der Waals surface area contributed by atoms with Crippen molar-refractivity contribution < 1.29 is 4.79 Å². The van der Waals surface area contributed by atoms with Gasteiger partial charge in [0.25, 0.3) is 5.91 Å². The van der Waals surface area contributed by atoms with Gasteiger partial charge in [-0.05, 0) is 31.4 Å². The van der Waals surface area contributed by atoms with Gasteiger partial charge in [-0.25, -0.2) is 4.98 Å². The number of hydrogen-bond acceptors (Lipinski definition) is 3. The van der Waals surface area contributed by atoms with Crippen molar-refractivity contribution in [3.63, 3.8) is 0 Å². The molecule has 4 nitrogen and oxygen atoms in total. The van der Waals surface area contributed by atoms with Gasteiger partial charge in [0.1, 0.15) is 5.69 Å². The van der Waals surface area contributed by atoms with E-state index < -0.39 is 5.34 Å². The van der Waals surface area contributed by atoms with Gasteiger partial charge in [-0.1, -0.05) is 6.07 Å². The van der Waals surface area contributed by atoms with Crippen LogP contribution < -0.4 is 5.32 Å². The van der Waals surface area contributed by atoms with Crippen LogP contribution in [0.3, 0.4) is 0 Å². The Hall–Kier alpha value is -1.29. The molecule has 1 aromatic rings. The summed E-state index contributed by atoms with van der Waals surface area (Å²) in [4.78, 5) is 17.7. The summed E-state index contributed by atoms with van der Waals surface area (Å²) in [6, 6.07) is 5.04. The maximum absolute atomic E-state index is 11.9. The maximum Gasteiger partial charge on any atom is 0.272 e. The zero-order valence-electron chi connectivity index (χ0n) is 10.4. The minimum absolute atomic E-state index is 0.152. The van der Waals surface area contributed by atoms with E-state index >= 15 is 0 Å². The molecule has 0 fully saturated rings. The van der Waals surface area contributed by atoms with Crippen LogP contribution in [0.1, 0.15) is 23.1 Å². The lowest BCUT2D eigenvalue weighted by atomic mass is 9.60. The number of nitrogens with one attached hydrogen (secondary N) is 1. The van der Waals surface area contributed by atoms with E-state index in [1.807, 2.05) is 6.92 Å². The molecule has 0 aliphatic carbocycles. The molecule has 0 aromatic carbocycles. The van der Waals surface area contributed by atoms with E-state index in [-0.39, 0.29) is 5.91 Å². The maximum atomic E-state index is 11.9. The summed E-state index contributed by atoms with van der Waals surface area (Å²) in [5, 5.41) is 1.50. The molecule has 1 N–H and O–H groups in total. The van der Waals surface area contributed by atoms with Crippen LogP contribution in [0.4, 0.5) is 0 Å². The van der Waals surface area contributed by atoms with Gasteiger partial charge in [-0.2, -0.15) is 0 Å². The van der Waals surface area contributed by atoms with Gasteiger partial charge in [0, 0.05) is 19.3 Å². The van der Waals surface area contributed by atoms with Crippen LogP contribution >= 0.6 is 0 Å². The Kier molecular flexibility index (Phi) is 4.34. The number of aromatic nitrogens is 1. The third-order valence-corrected chi connectivity index (χ3v) is 2.63. The summed E-state index contributed by atoms with van der Waals surface area (Å²) in [6.07, 6.45) is 0. The molecule has 0 unspecified atom stereocenters. The molecule has 1 aromatic heterocycles. The Morgan fingerprint density at radius 2 is 2.18 bits per heavy atom. The van der Waals surface area contributed by atoms with Gasteiger partial charge in [0.2, 0.25) is 0 Å². The average molecular weight is 227 g/mol. The lowest BCUT2D eigenvalue weighted by Crippen LogP contribution is -2.42. The Balaban J connectivity index is 3.06. The molecule has 1 amide bonds. The van der Waals surface area contributed by atoms with E-state index in [2.05, 4.69) is 10.3 Å². The number of carbonyl (C=O) groups excluding carboxylic acids is 1. The van der Waals surface area contributed by atoms with E-state index in [4.69, 9.17) is 15.7 Å². The van der Waals surface area contributed by atoms with Crippen molar-refractivity contribution in [3.05, 3.63) is 29.6 Å². The zero-order chi connectivity index (χ0) is 13.1. The van der Waals surface area contributed by atoms with Crippen molar-refractivity contribution in [2.45, 2.75) is 12.3 Å². The van der Waals surface area contributed by atoms with Crippen molar-refractivity contribution in [1.82, 2.24) is 15.2 Å². The van der Waals surface area contributed by atoms with Crippen molar-refractivity contribution in [2.75, 3.05) is 20.6 Å². The molecule has 6 heteroatoms. The largest absolute Gasteiger partial charge is 0.341 e. The second-order valence-corrected chi connectivity index (χ2v) is 3.85. The van der Waals surface area contributed by atoms with Crippen LogP contribution in [-0.4, -0.2) is 52.1 Å². The Morgan fingerprint density at radius 1 is 1.53 bits per heavy atom. The SMILES string of the molecule is [B]C([B])(NC)c1cccc(C(=O)N(C)CC)n1. The highest BCUT2D eigenvalue weighted by Crippen LogP contribution is 2.12. The fourth-order valence-electron chi connectivity index (χ4n) is 1.25. The minimum Gasteiger partial charge on any atom is -0.341 e. The second kappa shape index (κ2) is 5.36. The summed E-state index contributed by atoms with van der Waals surface area (Å²) in [5.41, 5.74) is 0.762. The predicted octanol–water partition coefficient (Wildman–Crippen LogP) is -0.160. The summed E-state index contributed by atoms with van der Waals surface area (Å²) in [6.45, 7) is 2.51. The Labute approximate surface area is 105 Å². The van der Waals surface area contributed by atoms with Gasteiger partial charge < -0.3 is 10.2 Å². The average Bonchev–Trinajstić information content (AvgIpc) is 2.37. The first-order valence-electron chi connectivity index (χ1n) is 5.42. The zero-order valence-corrected chi connectivity index (χ0v) is 10.4. The molecular weight excluding hydrogens is 212 g/mol. The van der Waals surface area contributed by atoms with Gasteiger partial charge in [-0.3, -0.25) is 4.79 Å². The van der Waals surface area contributed by atoms with Gasteiger partial charge in [0.05, 0.1) is 15.7 Å². The third kappa shape index (κ3) is 3.09. The van der Waals surface area contributed by atoms with Crippen LogP contribution in [0.15, 0.2) is 18.2 Å². The van der Waals surface area contributed by atoms with Crippen molar-refractivity contribution in [3.8, 4) is 0 Å². The topological polar surface area (TPSA) is 45.2 Å². The first-order chi connectivity index (χ1) is 7.92. The molecule has 86 valence electrons. The molecule has 0 bridgehead atoms. The fraction of sp³-hybridized carbons (Fsp3) is 0.455. The minimum atomic E-state index is -1.24. The summed E-state index contributed by atoms with van der Waals surface area (Å²) in [5.74, 6) is -0.152. The van der Waals surface area contributed by atoms with Crippen LogP contribution in [0, 0.1) is 0 Å². The highest BCUT2D eigenvalue weighted by atomic mass is 16.2. The fourth-order valence-corrected chi connectivity index (χ4v) is 1.25. The highest BCUT2D eigenvalue weighted by molar-refractivity contribution is 6.39. The smallest absolute Gasteiger partial charge is 0.272 e. The quantitative estimate of drug-likeness (QED) is 0.726. The molecule has 17 heavy (non-hydrogen) atoms. The lowest BCUT2D eigenvalue weighted by molar-refractivity contribution is 0.0796. The molecule has 4 radical (unpaired) electrons. The van der Waals surface area contributed by atoms with Crippen molar-refractivity contribution in [1.29, 1.82) is 0 Å². The van der Waals surface area contributed by atoms with E-state index in [1.54, 1.807) is 37.2 Å². The second-order valence-electron chi connectivity index (χ2n) is 3.85. The molecular formula is C11H15B2N3O. The molecule has 1 heterocycles. The van der Waals surface area contributed by atoms with Crippen LogP contribution in [-0.2, 0) is 5.34 Å². The summed E-state index contributed by atoms with van der Waals surface area (Å²) < 4.78 is 0. The molecule has 0 spiro atoms. The van der Waals surface area contributed by atoms with Gasteiger partial charge >= 0.3 is 0 Å². The predicted molar refractivity (Wildman–Crippen MR) is 69.1 cm³/mol. The number of carbonyl (C=O) groups is 1. The number of hydrogen-bond donors (Lipinski definition) is 1. The first-order valence-corrected chi connectivity index (χ1v) is 5.42. The normalized spacial score (nSPS) is 11.2. The molecule has 0 atom stereocenters. The van der Waals surface area contributed by atoms with Crippen molar-refractivity contribution >= 4 is 21.6 Å². The Bertz CT molecular complexity index is 409. The summed E-state index contributed by atoms with van der Waals surface area (Å²) >= 11 is 0. The van der Waals surface area contributed by atoms with E-state index in [0.717, 1.165) is 0 Å². The van der Waals surface area contributed by atoms with Gasteiger partial charge in [-0.15, -0.1) is 0 Å². The standard InChI is InChI=1S/C11H15B2N3O/c1-4-16(3)10(17)8-6-5-7-9(15-8)11(12,13)14-2/h5-7,14H,4H2,1-3H3. The number of amides is 1. The number of pyridine rings is 1. The van der Waals surface area contributed by atoms with Gasteiger partial charge in [0.15, 0.2) is 0 Å². The van der Waals surface area contributed by atoms with Crippen LogP contribution in [0.5, 0.6) is 0 Å². The molecule has 0 aliphatic rings. The monoisotopic (exact) mass is 227 g/mol. The first kappa shape index (κ1) is 13.8. The molecule has 0 saturated heterocycles.